The minimum absolute atomic E-state index is 0.130. The molecule has 1 saturated heterocycles. The molecule has 1 aromatic heterocycles. The molecule has 6 nitrogen and oxygen atoms in total. The molecule has 154 valence electrons. The molecule has 1 atom stereocenters. The molecule has 0 spiro atoms. The Morgan fingerprint density at radius 2 is 1.77 bits per heavy atom. The van der Waals surface area contributed by atoms with Gasteiger partial charge in [-0.05, 0) is 23.8 Å². The Labute approximate surface area is 178 Å². The first-order valence-corrected chi connectivity index (χ1v) is 10.4. The van der Waals surface area contributed by atoms with Crippen LogP contribution in [-0.4, -0.2) is 55.1 Å². The average molecular weight is 425 g/mol. The highest BCUT2D eigenvalue weighted by Crippen LogP contribution is 2.38. The number of halogens is 1. The summed E-state index contributed by atoms with van der Waals surface area (Å²) < 4.78 is 11.4. The fourth-order valence-corrected chi connectivity index (χ4v) is 4.45. The average Bonchev–Trinajstić information content (AvgIpc) is 3.06. The molecular weight excluding hydrogens is 404 g/mol. The van der Waals surface area contributed by atoms with Gasteiger partial charge in [0.25, 0.3) is 5.91 Å². The molecule has 3 heterocycles. The van der Waals surface area contributed by atoms with E-state index in [9.17, 15) is 9.59 Å². The van der Waals surface area contributed by atoms with Crippen LogP contribution in [0.15, 0.2) is 57.7 Å². The third-order valence-electron chi connectivity index (χ3n) is 5.80. The Kier molecular flexibility index (Phi) is 5.06. The maximum absolute atomic E-state index is 13.4. The zero-order valence-electron chi connectivity index (χ0n) is 16.3. The number of carbonyl (C=O) groups is 1. The molecule has 1 amide bonds. The van der Waals surface area contributed by atoms with Crippen LogP contribution in [0.25, 0.3) is 11.0 Å². The van der Waals surface area contributed by atoms with E-state index >= 15 is 0 Å². The lowest BCUT2D eigenvalue weighted by Gasteiger charge is -2.31. The lowest BCUT2D eigenvalue weighted by molar-refractivity contribution is 0.0314. The van der Waals surface area contributed by atoms with Crippen molar-refractivity contribution < 1.29 is 13.9 Å². The first-order chi connectivity index (χ1) is 14.6. The van der Waals surface area contributed by atoms with Crippen molar-refractivity contribution in [1.29, 1.82) is 0 Å². The van der Waals surface area contributed by atoms with Crippen LogP contribution >= 0.6 is 11.6 Å². The van der Waals surface area contributed by atoms with Crippen LogP contribution in [0.1, 0.15) is 27.7 Å². The molecule has 0 N–H and O–H groups in total. The summed E-state index contributed by atoms with van der Waals surface area (Å²) in [6.45, 7) is 4.28. The second kappa shape index (κ2) is 7.87. The fraction of sp³-hybridized carbons (Fsp3) is 0.304. The number of amides is 1. The second-order valence-corrected chi connectivity index (χ2v) is 8.02. The van der Waals surface area contributed by atoms with Gasteiger partial charge in [0, 0.05) is 31.2 Å². The summed E-state index contributed by atoms with van der Waals surface area (Å²) in [5.74, 6) is -0.119. The molecule has 0 radical (unpaired) electrons. The number of fused-ring (bicyclic) bond motifs is 2. The van der Waals surface area contributed by atoms with Gasteiger partial charge in [0.2, 0.25) is 5.76 Å². The van der Waals surface area contributed by atoms with Crippen molar-refractivity contribution >= 4 is 28.5 Å². The van der Waals surface area contributed by atoms with Gasteiger partial charge in [-0.1, -0.05) is 41.9 Å². The Morgan fingerprint density at radius 1 is 1.00 bits per heavy atom. The van der Waals surface area contributed by atoms with Crippen molar-refractivity contribution in [3.63, 3.8) is 0 Å². The maximum atomic E-state index is 13.4. The van der Waals surface area contributed by atoms with Crippen LogP contribution in [0.5, 0.6) is 0 Å². The van der Waals surface area contributed by atoms with E-state index in [1.165, 1.54) is 0 Å². The standard InChI is InChI=1S/C23H21ClN2O4/c24-16-6-7-18-17(14-16)21(27)19-20(15-4-2-1-3-5-15)26(23(28)22(19)30-18)9-8-25-10-12-29-13-11-25/h1-7,14,20H,8-13H2/t20-/m0/s1. The van der Waals surface area contributed by atoms with E-state index in [-0.39, 0.29) is 17.1 Å². The van der Waals surface area contributed by atoms with E-state index in [2.05, 4.69) is 4.90 Å². The summed E-state index contributed by atoms with van der Waals surface area (Å²) in [4.78, 5) is 30.8. The third-order valence-corrected chi connectivity index (χ3v) is 6.04. The Bertz CT molecular complexity index is 1160. The SMILES string of the molecule is O=C1c2oc3ccc(Cl)cc3c(=O)c2[C@H](c2ccccc2)N1CCN1CCOCC1. The summed E-state index contributed by atoms with van der Waals surface area (Å²) in [6.07, 6.45) is 0. The Morgan fingerprint density at radius 3 is 2.53 bits per heavy atom. The summed E-state index contributed by atoms with van der Waals surface area (Å²) >= 11 is 6.11. The number of benzene rings is 2. The molecule has 2 aliphatic heterocycles. The predicted octanol–water partition coefficient (Wildman–Crippen LogP) is 3.32. The number of carbonyl (C=O) groups excluding carboxylic acids is 1. The quantitative estimate of drug-likeness (QED) is 0.643. The van der Waals surface area contributed by atoms with Crippen molar-refractivity contribution in [2.24, 2.45) is 0 Å². The smallest absolute Gasteiger partial charge is 0.290 e. The van der Waals surface area contributed by atoms with Gasteiger partial charge in [0.05, 0.1) is 30.2 Å². The van der Waals surface area contributed by atoms with Gasteiger partial charge in [-0.15, -0.1) is 0 Å². The molecule has 0 bridgehead atoms. The Hall–Kier alpha value is -2.67. The van der Waals surface area contributed by atoms with Gasteiger partial charge in [0.15, 0.2) is 5.43 Å². The number of rotatable bonds is 4. The maximum Gasteiger partial charge on any atom is 0.290 e. The van der Waals surface area contributed by atoms with Gasteiger partial charge in [0.1, 0.15) is 5.58 Å². The molecule has 0 aliphatic carbocycles. The highest BCUT2D eigenvalue weighted by molar-refractivity contribution is 6.31. The number of morpholine rings is 1. The molecule has 5 rings (SSSR count). The number of ether oxygens (including phenoxy) is 1. The summed E-state index contributed by atoms with van der Waals surface area (Å²) in [5, 5.41) is 0.851. The highest BCUT2D eigenvalue weighted by Gasteiger charge is 2.42. The van der Waals surface area contributed by atoms with E-state index in [0.29, 0.717) is 47.9 Å². The van der Waals surface area contributed by atoms with E-state index in [0.717, 1.165) is 18.7 Å². The zero-order valence-corrected chi connectivity index (χ0v) is 17.1. The van der Waals surface area contributed by atoms with Gasteiger partial charge in [-0.25, -0.2) is 0 Å². The minimum Gasteiger partial charge on any atom is -0.450 e. The van der Waals surface area contributed by atoms with Crippen LogP contribution in [0.2, 0.25) is 5.02 Å². The molecule has 2 aliphatic rings. The topological polar surface area (TPSA) is 63.0 Å². The van der Waals surface area contributed by atoms with Crippen LogP contribution < -0.4 is 5.43 Å². The molecule has 2 aromatic carbocycles. The van der Waals surface area contributed by atoms with E-state index in [4.69, 9.17) is 20.8 Å². The molecule has 0 saturated carbocycles. The Balaban J connectivity index is 1.60. The second-order valence-electron chi connectivity index (χ2n) is 7.58. The van der Waals surface area contributed by atoms with Gasteiger partial charge < -0.3 is 14.1 Å². The minimum atomic E-state index is -0.477. The first-order valence-electron chi connectivity index (χ1n) is 10.1. The normalized spacial score (nSPS) is 19.4. The molecule has 30 heavy (non-hydrogen) atoms. The van der Waals surface area contributed by atoms with Crippen molar-refractivity contribution in [1.82, 2.24) is 9.80 Å². The zero-order chi connectivity index (χ0) is 20.7. The molecule has 1 fully saturated rings. The van der Waals surface area contributed by atoms with E-state index < -0.39 is 6.04 Å². The number of hydrogen-bond donors (Lipinski definition) is 0. The fourth-order valence-electron chi connectivity index (χ4n) is 4.28. The van der Waals surface area contributed by atoms with Crippen molar-refractivity contribution in [2.45, 2.75) is 6.04 Å². The van der Waals surface area contributed by atoms with Crippen molar-refractivity contribution in [2.75, 3.05) is 39.4 Å². The third kappa shape index (κ3) is 3.31. The lowest BCUT2D eigenvalue weighted by atomic mass is 9.98. The molecule has 0 unspecified atom stereocenters. The largest absolute Gasteiger partial charge is 0.450 e. The number of nitrogens with zero attached hydrogens (tertiary/aromatic N) is 2. The summed E-state index contributed by atoms with van der Waals surface area (Å²) in [6, 6.07) is 14.1. The van der Waals surface area contributed by atoms with E-state index in [1.807, 2.05) is 30.3 Å². The van der Waals surface area contributed by atoms with Crippen LogP contribution in [-0.2, 0) is 4.74 Å². The molecular formula is C23H21ClN2O4. The monoisotopic (exact) mass is 424 g/mol. The van der Waals surface area contributed by atoms with Crippen molar-refractivity contribution in [3.05, 3.63) is 80.7 Å². The van der Waals surface area contributed by atoms with Crippen LogP contribution in [0.3, 0.4) is 0 Å². The van der Waals surface area contributed by atoms with E-state index in [1.54, 1.807) is 23.1 Å². The van der Waals surface area contributed by atoms with Crippen LogP contribution in [0.4, 0.5) is 0 Å². The lowest BCUT2D eigenvalue weighted by Crippen LogP contribution is -2.42. The molecule has 7 heteroatoms. The van der Waals surface area contributed by atoms with Gasteiger partial charge in [-0.3, -0.25) is 14.5 Å². The van der Waals surface area contributed by atoms with Gasteiger partial charge in [-0.2, -0.15) is 0 Å². The summed E-state index contributed by atoms with van der Waals surface area (Å²) in [7, 11) is 0. The van der Waals surface area contributed by atoms with Crippen molar-refractivity contribution in [3.8, 4) is 0 Å². The summed E-state index contributed by atoms with van der Waals surface area (Å²) in [5.41, 5.74) is 1.45. The number of hydrogen-bond acceptors (Lipinski definition) is 5. The predicted molar refractivity (Wildman–Crippen MR) is 114 cm³/mol. The van der Waals surface area contributed by atoms with Crippen LogP contribution in [0, 0.1) is 0 Å². The molecule has 3 aromatic rings. The highest BCUT2D eigenvalue weighted by atomic mass is 35.5. The van der Waals surface area contributed by atoms with Gasteiger partial charge >= 0.3 is 0 Å². The first kappa shape index (κ1) is 19.3.